The molecule has 0 atom stereocenters. The molecule has 0 radical (unpaired) electrons. The molecule has 3 aromatic heterocycles. The highest BCUT2D eigenvalue weighted by molar-refractivity contribution is 5.82. The summed E-state index contributed by atoms with van der Waals surface area (Å²) in [5, 5.41) is 17.3. The van der Waals surface area contributed by atoms with Crippen molar-refractivity contribution in [2.24, 2.45) is 0 Å². The highest BCUT2D eigenvalue weighted by Crippen LogP contribution is 2.17. The molecule has 8 nitrogen and oxygen atoms in total. The summed E-state index contributed by atoms with van der Waals surface area (Å²) in [4.78, 5) is 17.4. The summed E-state index contributed by atoms with van der Waals surface area (Å²) in [5.41, 5.74) is 5.34. The largest absolute Gasteiger partial charge is 0.298 e. The van der Waals surface area contributed by atoms with Crippen LogP contribution in [0, 0.1) is 18.3 Å². The van der Waals surface area contributed by atoms with E-state index >= 15 is 0 Å². The van der Waals surface area contributed by atoms with Crippen molar-refractivity contribution in [3.8, 4) is 6.07 Å². The summed E-state index contributed by atoms with van der Waals surface area (Å²) in [6.45, 7) is 1.74. The van der Waals surface area contributed by atoms with Gasteiger partial charge in [0.05, 0.1) is 21.8 Å². The van der Waals surface area contributed by atoms with Gasteiger partial charge in [-0.15, -0.1) is 10.2 Å². The lowest BCUT2D eigenvalue weighted by atomic mass is 10.1. The standard InChI is InChI=1S/C16H11N7O/c1-10-11(6-17)15-21-13-4-2-3-5-14(13)23(15)16(24)12(10)7-20-22-8-18-19-9-22/h2-5,7-9,20H,1H3/b12-7-. The quantitative estimate of drug-likeness (QED) is 0.571. The molecule has 0 aliphatic heterocycles. The number of pyridine rings is 1. The fourth-order valence-corrected chi connectivity index (χ4v) is 2.69. The highest BCUT2D eigenvalue weighted by Gasteiger charge is 2.15. The number of rotatable bonds is 2. The van der Waals surface area contributed by atoms with Gasteiger partial charge >= 0.3 is 0 Å². The molecule has 0 saturated heterocycles. The van der Waals surface area contributed by atoms with Crippen molar-refractivity contribution in [3.05, 3.63) is 63.6 Å². The van der Waals surface area contributed by atoms with Gasteiger partial charge in [0.25, 0.3) is 5.56 Å². The van der Waals surface area contributed by atoms with Crippen LogP contribution in [-0.4, -0.2) is 24.3 Å². The van der Waals surface area contributed by atoms with Gasteiger partial charge in [-0.05, 0) is 24.6 Å². The first kappa shape index (κ1) is 13.9. The molecule has 1 aromatic carbocycles. The maximum atomic E-state index is 13.0. The zero-order valence-electron chi connectivity index (χ0n) is 12.6. The molecular formula is C16H11N7O. The van der Waals surface area contributed by atoms with Crippen LogP contribution in [0.2, 0.25) is 0 Å². The van der Waals surface area contributed by atoms with Gasteiger partial charge in [-0.25, -0.2) is 9.66 Å². The Kier molecular flexibility index (Phi) is 2.99. The Balaban J connectivity index is 2.11. The molecule has 8 heteroatoms. The topological polar surface area (TPSA) is 101 Å². The van der Waals surface area contributed by atoms with Crippen LogP contribution >= 0.6 is 0 Å². The molecule has 116 valence electrons. The van der Waals surface area contributed by atoms with Crippen molar-refractivity contribution in [2.75, 3.05) is 5.43 Å². The highest BCUT2D eigenvalue weighted by atomic mass is 16.1. The fourth-order valence-electron chi connectivity index (χ4n) is 2.69. The van der Waals surface area contributed by atoms with Crippen LogP contribution in [0.3, 0.4) is 0 Å². The Morgan fingerprint density at radius 3 is 2.75 bits per heavy atom. The second-order valence-corrected chi connectivity index (χ2v) is 5.23. The van der Waals surface area contributed by atoms with Crippen molar-refractivity contribution in [1.29, 1.82) is 5.26 Å². The van der Waals surface area contributed by atoms with E-state index in [0.29, 0.717) is 33.0 Å². The number of nitriles is 1. The Morgan fingerprint density at radius 1 is 1.25 bits per heavy atom. The fraction of sp³-hybridized carbons (Fsp3) is 0.0625. The zero-order valence-corrected chi connectivity index (χ0v) is 12.6. The van der Waals surface area contributed by atoms with Crippen LogP contribution in [0.15, 0.2) is 41.7 Å². The number of benzene rings is 1. The molecule has 0 spiro atoms. The molecule has 0 aliphatic rings. The number of nitrogens with one attached hydrogen (secondary N) is 1. The summed E-state index contributed by atoms with van der Waals surface area (Å²) in [5.74, 6) is 0. The van der Waals surface area contributed by atoms with E-state index in [2.05, 4.69) is 26.7 Å². The maximum Gasteiger partial charge on any atom is 0.265 e. The first-order valence-corrected chi connectivity index (χ1v) is 7.16. The lowest BCUT2D eigenvalue weighted by Crippen LogP contribution is -2.35. The third kappa shape index (κ3) is 1.92. The van der Waals surface area contributed by atoms with Gasteiger partial charge in [0, 0.05) is 6.20 Å². The van der Waals surface area contributed by atoms with Crippen LogP contribution in [0.4, 0.5) is 0 Å². The van der Waals surface area contributed by atoms with Crippen LogP contribution in [0.5, 0.6) is 0 Å². The van der Waals surface area contributed by atoms with Crippen molar-refractivity contribution < 1.29 is 0 Å². The molecule has 0 unspecified atom stereocenters. The van der Waals surface area contributed by atoms with E-state index in [1.807, 2.05) is 24.3 Å². The smallest absolute Gasteiger partial charge is 0.265 e. The number of hydrogen-bond acceptors (Lipinski definition) is 6. The molecule has 0 amide bonds. The number of para-hydroxylation sites is 2. The van der Waals surface area contributed by atoms with Crippen LogP contribution in [-0.2, 0) is 0 Å². The normalized spacial score (nSPS) is 11.9. The third-order valence-corrected chi connectivity index (χ3v) is 3.89. The molecule has 0 saturated carbocycles. The van der Waals surface area contributed by atoms with Gasteiger partial charge in [-0.2, -0.15) is 5.26 Å². The first-order chi connectivity index (χ1) is 11.7. The van der Waals surface area contributed by atoms with Crippen LogP contribution in [0.1, 0.15) is 11.1 Å². The Labute approximate surface area is 135 Å². The minimum absolute atomic E-state index is 0.240. The molecule has 4 rings (SSSR count). The van der Waals surface area contributed by atoms with E-state index in [1.54, 1.807) is 6.92 Å². The average Bonchev–Trinajstić information content (AvgIpc) is 3.22. The molecule has 4 aromatic rings. The Bertz CT molecular complexity index is 1220. The molecule has 0 bridgehead atoms. The van der Waals surface area contributed by atoms with E-state index < -0.39 is 0 Å². The lowest BCUT2D eigenvalue weighted by Gasteiger charge is -2.04. The minimum Gasteiger partial charge on any atom is -0.298 e. The number of aromatic nitrogens is 5. The maximum absolute atomic E-state index is 13.0. The third-order valence-electron chi connectivity index (χ3n) is 3.89. The summed E-state index contributed by atoms with van der Waals surface area (Å²) >= 11 is 0. The van der Waals surface area contributed by atoms with Gasteiger partial charge in [-0.1, -0.05) is 12.1 Å². The molecule has 3 heterocycles. The SMILES string of the molecule is Cc1c(C#N)c2nc3ccccc3n2c(=O)/c1=C\Nn1cnnc1. The van der Waals surface area contributed by atoms with E-state index in [0.717, 1.165) is 0 Å². The molecule has 1 N–H and O–H groups in total. The Hall–Kier alpha value is -3.73. The molecule has 0 fully saturated rings. The van der Waals surface area contributed by atoms with E-state index in [4.69, 9.17) is 0 Å². The van der Waals surface area contributed by atoms with Gasteiger partial charge < -0.3 is 0 Å². The minimum atomic E-state index is -0.240. The predicted octanol–water partition coefficient (Wildman–Crippen LogP) is 0.320. The monoisotopic (exact) mass is 317 g/mol. The Morgan fingerprint density at radius 2 is 2.00 bits per heavy atom. The van der Waals surface area contributed by atoms with Gasteiger partial charge in [0.1, 0.15) is 18.7 Å². The number of nitrogens with zero attached hydrogens (tertiary/aromatic N) is 6. The predicted molar refractivity (Wildman–Crippen MR) is 87.5 cm³/mol. The summed E-state index contributed by atoms with van der Waals surface area (Å²) in [6, 6.07) is 9.46. The molecule has 24 heavy (non-hydrogen) atoms. The zero-order chi connectivity index (χ0) is 16.7. The lowest BCUT2D eigenvalue weighted by molar-refractivity contribution is 0.964. The first-order valence-electron chi connectivity index (χ1n) is 7.16. The van der Waals surface area contributed by atoms with Crippen LogP contribution < -0.4 is 16.2 Å². The van der Waals surface area contributed by atoms with Crippen molar-refractivity contribution >= 4 is 22.9 Å². The van der Waals surface area contributed by atoms with Gasteiger partial charge in [-0.3, -0.25) is 14.6 Å². The van der Waals surface area contributed by atoms with Crippen molar-refractivity contribution in [1.82, 2.24) is 24.3 Å². The van der Waals surface area contributed by atoms with E-state index in [9.17, 15) is 10.1 Å². The van der Waals surface area contributed by atoms with E-state index in [-0.39, 0.29) is 5.56 Å². The summed E-state index contributed by atoms with van der Waals surface area (Å²) < 4.78 is 2.97. The van der Waals surface area contributed by atoms with E-state index in [1.165, 1.54) is 27.9 Å². The molecular weight excluding hydrogens is 306 g/mol. The number of fused-ring (bicyclic) bond motifs is 3. The van der Waals surface area contributed by atoms with Gasteiger partial charge in [0.2, 0.25) is 0 Å². The molecule has 0 aliphatic carbocycles. The summed E-state index contributed by atoms with van der Waals surface area (Å²) in [6.07, 6.45) is 4.47. The summed E-state index contributed by atoms with van der Waals surface area (Å²) in [7, 11) is 0. The number of hydrogen-bond donors (Lipinski definition) is 1. The van der Waals surface area contributed by atoms with Crippen molar-refractivity contribution in [2.45, 2.75) is 6.92 Å². The van der Waals surface area contributed by atoms with Crippen LogP contribution in [0.25, 0.3) is 22.9 Å². The number of imidazole rings is 1. The second kappa shape index (κ2) is 5.17. The second-order valence-electron chi connectivity index (χ2n) is 5.23. The average molecular weight is 317 g/mol. The van der Waals surface area contributed by atoms with Crippen molar-refractivity contribution in [3.63, 3.8) is 0 Å². The van der Waals surface area contributed by atoms with Gasteiger partial charge in [0.15, 0.2) is 5.65 Å².